The number of halogens is 1. The molecular formula is C18H9FN4O3. The van der Waals surface area contributed by atoms with Crippen molar-refractivity contribution in [1.29, 1.82) is 5.26 Å². The molecule has 1 aromatic heterocycles. The van der Waals surface area contributed by atoms with Crippen LogP contribution >= 0.6 is 0 Å². The standard InChI is InChI=1S/C18H9FN4O3/c19-14-7-12(5-4-11-2-1-3-13(6-11)10-20)8-15(9-14)26-17-16(18(24)25)21-23-22-17/h1-3,6-9H,(H,24,25)(H,21,22,23). The molecule has 0 atom stereocenters. The maximum Gasteiger partial charge on any atom is 0.359 e. The second-order valence-corrected chi connectivity index (χ2v) is 5.02. The quantitative estimate of drug-likeness (QED) is 0.704. The number of nitrogens with one attached hydrogen (secondary N) is 1. The summed E-state index contributed by atoms with van der Waals surface area (Å²) in [5.74, 6) is 3.41. The van der Waals surface area contributed by atoms with Gasteiger partial charge in [-0.1, -0.05) is 28.2 Å². The Morgan fingerprint density at radius 1 is 1.15 bits per heavy atom. The third kappa shape index (κ3) is 3.83. The highest BCUT2D eigenvalue weighted by molar-refractivity contribution is 5.87. The lowest BCUT2D eigenvalue weighted by atomic mass is 10.1. The van der Waals surface area contributed by atoms with E-state index in [0.29, 0.717) is 16.7 Å². The number of aromatic amines is 1. The molecule has 0 aliphatic rings. The van der Waals surface area contributed by atoms with Gasteiger partial charge in [0, 0.05) is 17.2 Å². The number of H-pyrrole nitrogens is 1. The zero-order valence-corrected chi connectivity index (χ0v) is 13.0. The maximum atomic E-state index is 13.8. The molecule has 0 aliphatic carbocycles. The Morgan fingerprint density at radius 2 is 1.92 bits per heavy atom. The summed E-state index contributed by atoms with van der Waals surface area (Å²) in [6.45, 7) is 0. The molecule has 126 valence electrons. The van der Waals surface area contributed by atoms with Crippen molar-refractivity contribution in [3.8, 4) is 29.5 Å². The van der Waals surface area contributed by atoms with Crippen molar-refractivity contribution < 1.29 is 19.0 Å². The van der Waals surface area contributed by atoms with E-state index in [0.717, 1.165) is 6.07 Å². The van der Waals surface area contributed by atoms with Gasteiger partial charge in [0.15, 0.2) is 0 Å². The molecule has 0 amide bonds. The van der Waals surface area contributed by atoms with Gasteiger partial charge in [-0.25, -0.2) is 14.3 Å². The Hall–Kier alpha value is -4.17. The number of rotatable bonds is 3. The molecule has 7 nitrogen and oxygen atoms in total. The first-order valence-electron chi connectivity index (χ1n) is 7.20. The van der Waals surface area contributed by atoms with Crippen molar-refractivity contribution in [2.45, 2.75) is 0 Å². The normalized spacial score (nSPS) is 9.69. The summed E-state index contributed by atoms with van der Waals surface area (Å²) in [5.41, 5.74) is 1.02. The fourth-order valence-corrected chi connectivity index (χ4v) is 2.05. The average molecular weight is 348 g/mol. The number of carboxylic acids is 1. The molecule has 0 radical (unpaired) electrons. The molecule has 0 unspecified atom stereocenters. The van der Waals surface area contributed by atoms with E-state index >= 15 is 0 Å². The van der Waals surface area contributed by atoms with Crippen LogP contribution in [0.25, 0.3) is 0 Å². The summed E-state index contributed by atoms with van der Waals surface area (Å²) in [5, 5.41) is 26.9. The predicted octanol–water partition coefficient (Wildman–Crippen LogP) is 2.71. The van der Waals surface area contributed by atoms with Gasteiger partial charge in [-0.05, 0) is 30.3 Å². The molecule has 0 aliphatic heterocycles. The Balaban J connectivity index is 1.89. The van der Waals surface area contributed by atoms with Crippen molar-refractivity contribution in [3.05, 3.63) is 70.7 Å². The zero-order valence-electron chi connectivity index (χ0n) is 13.0. The molecule has 8 heteroatoms. The molecular weight excluding hydrogens is 339 g/mol. The number of hydrogen-bond donors (Lipinski definition) is 2. The molecule has 0 saturated heterocycles. The van der Waals surface area contributed by atoms with E-state index < -0.39 is 11.8 Å². The number of nitriles is 1. The minimum atomic E-state index is -1.31. The average Bonchev–Trinajstić information content (AvgIpc) is 3.08. The van der Waals surface area contributed by atoms with Crippen molar-refractivity contribution >= 4 is 5.97 Å². The highest BCUT2D eigenvalue weighted by Crippen LogP contribution is 2.23. The number of benzene rings is 2. The van der Waals surface area contributed by atoms with Crippen LogP contribution < -0.4 is 4.74 Å². The largest absolute Gasteiger partial charge is 0.476 e. The van der Waals surface area contributed by atoms with Gasteiger partial charge in [0.05, 0.1) is 11.6 Å². The van der Waals surface area contributed by atoms with Gasteiger partial charge in [0.2, 0.25) is 5.69 Å². The van der Waals surface area contributed by atoms with Crippen LogP contribution in [0, 0.1) is 29.0 Å². The Labute approximate surface area is 146 Å². The first-order valence-corrected chi connectivity index (χ1v) is 7.20. The van der Waals surface area contributed by atoms with E-state index in [1.165, 1.54) is 12.1 Å². The fourth-order valence-electron chi connectivity index (χ4n) is 2.05. The number of ether oxygens (including phenoxy) is 1. The number of aromatic nitrogens is 3. The van der Waals surface area contributed by atoms with E-state index in [2.05, 4.69) is 27.3 Å². The molecule has 2 N–H and O–H groups in total. The van der Waals surface area contributed by atoms with Crippen LogP contribution in [-0.4, -0.2) is 26.5 Å². The molecule has 26 heavy (non-hydrogen) atoms. The van der Waals surface area contributed by atoms with Crippen molar-refractivity contribution in [1.82, 2.24) is 15.4 Å². The number of carboxylic acid groups (broad SMARTS) is 1. The topological polar surface area (TPSA) is 112 Å². The molecule has 1 heterocycles. The molecule has 0 bridgehead atoms. The van der Waals surface area contributed by atoms with Crippen LogP contribution in [0.3, 0.4) is 0 Å². The van der Waals surface area contributed by atoms with Crippen molar-refractivity contribution in [2.24, 2.45) is 0 Å². The summed E-state index contributed by atoms with van der Waals surface area (Å²) in [6, 6.07) is 12.4. The highest BCUT2D eigenvalue weighted by Gasteiger charge is 2.17. The van der Waals surface area contributed by atoms with E-state index in [4.69, 9.17) is 15.1 Å². The van der Waals surface area contributed by atoms with Crippen LogP contribution in [0.4, 0.5) is 4.39 Å². The van der Waals surface area contributed by atoms with Crippen LogP contribution in [0.15, 0.2) is 42.5 Å². The number of carbonyl (C=O) groups is 1. The highest BCUT2D eigenvalue weighted by atomic mass is 19.1. The lowest BCUT2D eigenvalue weighted by Crippen LogP contribution is -2.00. The third-order valence-electron chi connectivity index (χ3n) is 3.16. The van der Waals surface area contributed by atoms with Crippen molar-refractivity contribution in [3.63, 3.8) is 0 Å². The smallest absolute Gasteiger partial charge is 0.359 e. The van der Waals surface area contributed by atoms with Gasteiger partial charge in [-0.15, -0.1) is 0 Å². The van der Waals surface area contributed by atoms with E-state index in [1.807, 2.05) is 6.07 Å². The summed E-state index contributed by atoms with van der Waals surface area (Å²) < 4.78 is 19.1. The Bertz CT molecular complexity index is 1090. The van der Waals surface area contributed by atoms with E-state index in [-0.39, 0.29) is 17.3 Å². The molecule has 3 rings (SSSR count). The fraction of sp³-hybridized carbons (Fsp3) is 0. The van der Waals surface area contributed by atoms with E-state index in [1.54, 1.807) is 24.3 Å². The van der Waals surface area contributed by atoms with Crippen molar-refractivity contribution in [2.75, 3.05) is 0 Å². The second-order valence-electron chi connectivity index (χ2n) is 5.02. The molecule has 0 spiro atoms. The molecule has 0 saturated carbocycles. The zero-order chi connectivity index (χ0) is 18.5. The van der Waals surface area contributed by atoms with Crippen LogP contribution in [0.1, 0.15) is 27.2 Å². The molecule has 3 aromatic rings. The molecule has 0 fully saturated rings. The van der Waals surface area contributed by atoms with Gasteiger partial charge in [-0.2, -0.15) is 5.26 Å². The number of hydrogen-bond acceptors (Lipinski definition) is 5. The van der Waals surface area contributed by atoms with Crippen LogP contribution in [-0.2, 0) is 0 Å². The van der Waals surface area contributed by atoms with Gasteiger partial charge >= 0.3 is 5.97 Å². The molecule has 2 aromatic carbocycles. The van der Waals surface area contributed by atoms with Gasteiger partial charge < -0.3 is 9.84 Å². The maximum absolute atomic E-state index is 13.8. The van der Waals surface area contributed by atoms with Gasteiger partial charge in [-0.3, -0.25) is 0 Å². The summed E-state index contributed by atoms with van der Waals surface area (Å²) in [7, 11) is 0. The van der Waals surface area contributed by atoms with Crippen LogP contribution in [0.2, 0.25) is 0 Å². The summed E-state index contributed by atoms with van der Waals surface area (Å²) in [4.78, 5) is 11.0. The Morgan fingerprint density at radius 3 is 2.69 bits per heavy atom. The number of nitrogens with zero attached hydrogens (tertiary/aromatic N) is 3. The lowest BCUT2D eigenvalue weighted by molar-refractivity contribution is 0.0687. The summed E-state index contributed by atoms with van der Waals surface area (Å²) in [6.07, 6.45) is 0. The summed E-state index contributed by atoms with van der Waals surface area (Å²) >= 11 is 0. The van der Waals surface area contributed by atoms with E-state index in [9.17, 15) is 9.18 Å². The Kier molecular flexibility index (Phi) is 4.59. The van der Waals surface area contributed by atoms with Crippen LogP contribution in [0.5, 0.6) is 11.6 Å². The minimum Gasteiger partial charge on any atom is -0.476 e. The third-order valence-corrected chi connectivity index (χ3v) is 3.16. The predicted molar refractivity (Wildman–Crippen MR) is 87.0 cm³/mol. The first kappa shape index (κ1) is 16.7. The first-order chi connectivity index (χ1) is 12.5. The van der Waals surface area contributed by atoms with Gasteiger partial charge in [0.25, 0.3) is 5.88 Å². The number of aromatic carboxylic acids is 1. The lowest BCUT2D eigenvalue weighted by Gasteiger charge is -2.03. The second kappa shape index (κ2) is 7.16. The SMILES string of the molecule is N#Cc1cccc(C#Cc2cc(F)cc(Oc3nn[nH]c3C(=O)O)c2)c1. The monoisotopic (exact) mass is 348 g/mol. The minimum absolute atomic E-state index is 0.0245. The van der Waals surface area contributed by atoms with Gasteiger partial charge in [0.1, 0.15) is 11.6 Å².